The van der Waals surface area contributed by atoms with E-state index in [1.165, 1.54) is 18.3 Å². The predicted octanol–water partition coefficient (Wildman–Crippen LogP) is 3.70. The van der Waals surface area contributed by atoms with E-state index in [9.17, 15) is 10.1 Å². The highest BCUT2D eigenvalue weighted by Gasteiger charge is 2.09. The summed E-state index contributed by atoms with van der Waals surface area (Å²) < 4.78 is 5.62. The first-order valence-corrected chi connectivity index (χ1v) is 6.76. The normalized spacial score (nSPS) is 10.8. The van der Waals surface area contributed by atoms with Crippen LogP contribution in [0.15, 0.2) is 70.4 Å². The molecule has 1 aromatic carbocycles. The molecule has 0 amide bonds. The van der Waals surface area contributed by atoms with Crippen molar-refractivity contribution in [1.29, 1.82) is 0 Å². The van der Waals surface area contributed by atoms with E-state index in [1.807, 2.05) is 0 Å². The van der Waals surface area contributed by atoms with Gasteiger partial charge in [-0.3, -0.25) is 20.5 Å². The first-order valence-electron chi connectivity index (χ1n) is 6.76. The van der Waals surface area contributed by atoms with Crippen LogP contribution >= 0.6 is 0 Å². The van der Waals surface area contributed by atoms with Gasteiger partial charge in [0.25, 0.3) is 5.69 Å². The van der Waals surface area contributed by atoms with Crippen LogP contribution in [0.1, 0.15) is 5.76 Å². The first-order chi connectivity index (χ1) is 11.2. The molecule has 7 nitrogen and oxygen atoms in total. The van der Waals surface area contributed by atoms with E-state index in [1.54, 1.807) is 48.8 Å². The molecule has 0 unspecified atom stereocenters. The summed E-state index contributed by atoms with van der Waals surface area (Å²) in [6.45, 7) is 0. The lowest BCUT2D eigenvalue weighted by Gasteiger charge is -1.98. The van der Waals surface area contributed by atoms with Gasteiger partial charge in [0.1, 0.15) is 11.5 Å². The van der Waals surface area contributed by atoms with Crippen molar-refractivity contribution in [3.63, 3.8) is 0 Å². The average molecular weight is 308 g/mol. The summed E-state index contributed by atoms with van der Waals surface area (Å²) in [6, 6.07) is 13.3. The lowest BCUT2D eigenvalue weighted by Crippen LogP contribution is -1.89. The smallest absolute Gasteiger partial charge is 0.270 e. The molecule has 0 radical (unpaired) electrons. The number of nitro benzene ring substituents is 1. The van der Waals surface area contributed by atoms with Gasteiger partial charge >= 0.3 is 0 Å². The standard InChI is InChI=1S/C16H12N4O3/c21-20(22)14-3-1-2-12(10-14)16-5-4-15(23-16)11-18-19-13-6-8-17-9-7-13/h1-11H,(H,17,19)/b18-11+. The zero-order valence-electron chi connectivity index (χ0n) is 11.9. The average Bonchev–Trinajstić information content (AvgIpc) is 3.05. The molecule has 2 heterocycles. The number of nitrogens with zero attached hydrogens (tertiary/aromatic N) is 3. The number of benzene rings is 1. The Hall–Kier alpha value is -3.48. The van der Waals surface area contributed by atoms with Crippen LogP contribution in [0.3, 0.4) is 0 Å². The molecule has 0 aliphatic rings. The van der Waals surface area contributed by atoms with Gasteiger partial charge in [-0.25, -0.2) is 0 Å². The fourth-order valence-electron chi connectivity index (χ4n) is 1.95. The third-order valence-electron chi connectivity index (χ3n) is 3.03. The fraction of sp³-hybridized carbons (Fsp3) is 0. The highest BCUT2D eigenvalue weighted by atomic mass is 16.6. The van der Waals surface area contributed by atoms with Crippen molar-refractivity contribution in [2.75, 3.05) is 5.43 Å². The summed E-state index contributed by atoms with van der Waals surface area (Å²) in [5, 5.41) is 14.9. The molecule has 0 aliphatic heterocycles. The number of hydrazone groups is 1. The number of anilines is 1. The summed E-state index contributed by atoms with van der Waals surface area (Å²) >= 11 is 0. The summed E-state index contributed by atoms with van der Waals surface area (Å²) in [6.07, 6.45) is 4.84. The quantitative estimate of drug-likeness (QED) is 0.440. The van der Waals surface area contributed by atoms with E-state index in [4.69, 9.17) is 4.42 Å². The molecule has 23 heavy (non-hydrogen) atoms. The van der Waals surface area contributed by atoms with E-state index in [-0.39, 0.29) is 5.69 Å². The molecule has 7 heteroatoms. The largest absolute Gasteiger partial charge is 0.455 e. The number of nitro groups is 1. The maximum atomic E-state index is 10.8. The lowest BCUT2D eigenvalue weighted by atomic mass is 10.1. The summed E-state index contributed by atoms with van der Waals surface area (Å²) in [7, 11) is 0. The minimum atomic E-state index is -0.437. The van der Waals surface area contributed by atoms with Gasteiger partial charge in [0.05, 0.1) is 16.8 Å². The van der Waals surface area contributed by atoms with E-state index >= 15 is 0 Å². The Labute approximate surface area is 131 Å². The van der Waals surface area contributed by atoms with E-state index in [2.05, 4.69) is 15.5 Å². The lowest BCUT2D eigenvalue weighted by molar-refractivity contribution is -0.384. The number of non-ortho nitro benzene ring substituents is 1. The number of aromatic nitrogens is 1. The monoisotopic (exact) mass is 308 g/mol. The molecule has 0 saturated carbocycles. The maximum Gasteiger partial charge on any atom is 0.270 e. The van der Waals surface area contributed by atoms with Gasteiger partial charge in [0, 0.05) is 30.1 Å². The SMILES string of the molecule is O=[N+]([O-])c1cccc(-c2ccc(/C=N/Nc3ccncc3)o2)c1. The van der Waals surface area contributed by atoms with Gasteiger partial charge in [-0.15, -0.1) is 0 Å². The molecule has 0 atom stereocenters. The molecule has 114 valence electrons. The highest BCUT2D eigenvalue weighted by molar-refractivity contribution is 5.78. The molecular formula is C16H12N4O3. The third-order valence-corrected chi connectivity index (χ3v) is 3.03. The third kappa shape index (κ3) is 3.59. The molecule has 0 spiro atoms. The Bertz CT molecular complexity index is 843. The Morgan fingerprint density at radius 2 is 2.00 bits per heavy atom. The Kier molecular flexibility index (Phi) is 4.10. The summed E-state index contributed by atoms with van der Waals surface area (Å²) in [5.74, 6) is 1.08. The van der Waals surface area contributed by atoms with E-state index in [0.717, 1.165) is 5.69 Å². The van der Waals surface area contributed by atoms with Crippen LogP contribution in [0.5, 0.6) is 0 Å². The topological polar surface area (TPSA) is 93.6 Å². The van der Waals surface area contributed by atoms with Gasteiger partial charge in [-0.1, -0.05) is 12.1 Å². The van der Waals surface area contributed by atoms with Crippen LogP contribution in [0, 0.1) is 10.1 Å². The van der Waals surface area contributed by atoms with Crippen LogP contribution in [0.4, 0.5) is 11.4 Å². The number of hydrogen-bond acceptors (Lipinski definition) is 6. The second-order valence-corrected chi connectivity index (χ2v) is 4.62. The van der Waals surface area contributed by atoms with Crippen LogP contribution in [-0.4, -0.2) is 16.1 Å². The van der Waals surface area contributed by atoms with Crippen molar-refractivity contribution in [1.82, 2.24) is 4.98 Å². The fourth-order valence-corrected chi connectivity index (χ4v) is 1.95. The van der Waals surface area contributed by atoms with Crippen molar-refractivity contribution < 1.29 is 9.34 Å². The van der Waals surface area contributed by atoms with Crippen molar-refractivity contribution in [3.8, 4) is 11.3 Å². The Morgan fingerprint density at radius 1 is 1.17 bits per heavy atom. The Balaban J connectivity index is 1.73. The summed E-state index contributed by atoms with van der Waals surface area (Å²) in [5.41, 5.74) is 4.31. The van der Waals surface area contributed by atoms with Crippen molar-refractivity contribution in [2.24, 2.45) is 5.10 Å². The molecule has 0 bridgehead atoms. The molecule has 1 N–H and O–H groups in total. The molecule has 2 aromatic heterocycles. The van der Waals surface area contributed by atoms with Gasteiger partial charge in [-0.05, 0) is 24.3 Å². The van der Waals surface area contributed by atoms with Crippen LogP contribution in [0.2, 0.25) is 0 Å². The molecular weight excluding hydrogens is 296 g/mol. The van der Waals surface area contributed by atoms with Crippen LogP contribution < -0.4 is 5.43 Å². The van der Waals surface area contributed by atoms with Crippen LogP contribution in [-0.2, 0) is 0 Å². The Morgan fingerprint density at radius 3 is 2.78 bits per heavy atom. The predicted molar refractivity (Wildman–Crippen MR) is 86.3 cm³/mol. The number of nitrogens with one attached hydrogen (secondary N) is 1. The van der Waals surface area contributed by atoms with Crippen molar-refractivity contribution in [2.45, 2.75) is 0 Å². The van der Waals surface area contributed by atoms with Crippen molar-refractivity contribution >= 4 is 17.6 Å². The number of rotatable bonds is 5. The van der Waals surface area contributed by atoms with Crippen LogP contribution in [0.25, 0.3) is 11.3 Å². The zero-order chi connectivity index (χ0) is 16.1. The minimum Gasteiger partial charge on any atom is -0.455 e. The number of pyridine rings is 1. The maximum absolute atomic E-state index is 10.8. The van der Waals surface area contributed by atoms with Crippen molar-refractivity contribution in [3.05, 3.63) is 76.8 Å². The molecule has 3 aromatic rings. The van der Waals surface area contributed by atoms with Gasteiger partial charge in [0.2, 0.25) is 0 Å². The molecule has 0 fully saturated rings. The number of hydrogen-bond donors (Lipinski definition) is 1. The van der Waals surface area contributed by atoms with Gasteiger partial charge in [0.15, 0.2) is 0 Å². The highest BCUT2D eigenvalue weighted by Crippen LogP contribution is 2.25. The molecule has 3 rings (SSSR count). The number of furan rings is 1. The van der Waals surface area contributed by atoms with Gasteiger partial charge in [-0.2, -0.15) is 5.10 Å². The second-order valence-electron chi connectivity index (χ2n) is 4.62. The zero-order valence-corrected chi connectivity index (χ0v) is 11.9. The molecule has 0 saturated heterocycles. The van der Waals surface area contributed by atoms with E-state index in [0.29, 0.717) is 17.1 Å². The summed E-state index contributed by atoms with van der Waals surface area (Å²) in [4.78, 5) is 14.3. The second kappa shape index (κ2) is 6.52. The molecule has 0 aliphatic carbocycles. The minimum absolute atomic E-state index is 0.0217. The van der Waals surface area contributed by atoms with E-state index < -0.39 is 4.92 Å². The van der Waals surface area contributed by atoms with Gasteiger partial charge < -0.3 is 4.42 Å². The first kappa shape index (κ1) is 14.5.